The summed E-state index contributed by atoms with van der Waals surface area (Å²) in [5.41, 5.74) is 0.406. The van der Waals surface area contributed by atoms with Crippen LogP contribution in [-0.4, -0.2) is 20.4 Å². The molecular weight excluding hydrogens is 504 g/mol. The van der Waals surface area contributed by atoms with Gasteiger partial charge in [-0.2, -0.15) is 0 Å². The smallest absolute Gasteiger partial charge is 0.197 e. The molecule has 0 unspecified atom stereocenters. The lowest BCUT2D eigenvalue weighted by Crippen LogP contribution is -2.00. The number of aromatic hydroxyl groups is 4. The van der Waals surface area contributed by atoms with E-state index in [0.717, 1.165) is 12.1 Å². The Hall–Kier alpha value is -5.70. The van der Waals surface area contributed by atoms with Crippen LogP contribution < -0.4 is 15.6 Å². The Balaban J connectivity index is 1.24. The van der Waals surface area contributed by atoms with Crippen molar-refractivity contribution >= 4 is 21.9 Å². The maximum absolute atomic E-state index is 12.5. The van der Waals surface area contributed by atoms with Crippen molar-refractivity contribution in [3.05, 3.63) is 105 Å². The molecule has 0 radical (unpaired) electrons. The number of fused-ring (bicyclic) bond motifs is 2. The zero-order valence-corrected chi connectivity index (χ0v) is 19.9. The molecule has 0 saturated carbocycles. The van der Waals surface area contributed by atoms with Crippen molar-refractivity contribution in [2.45, 2.75) is 0 Å². The minimum absolute atomic E-state index is 0.0146. The van der Waals surface area contributed by atoms with Gasteiger partial charge >= 0.3 is 0 Å². The van der Waals surface area contributed by atoms with E-state index in [9.17, 15) is 30.0 Å². The summed E-state index contributed by atoms with van der Waals surface area (Å²) in [5.74, 6) is 0.357. The maximum atomic E-state index is 12.5. The van der Waals surface area contributed by atoms with Crippen LogP contribution in [0.15, 0.2) is 103 Å². The third kappa shape index (κ3) is 4.38. The van der Waals surface area contributed by atoms with E-state index in [-0.39, 0.29) is 56.5 Å². The van der Waals surface area contributed by atoms with Gasteiger partial charge in [0.1, 0.15) is 68.0 Å². The fraction of sp³-hybridized carbons (Fsp3) is 0. The Morgan fingerprint density at radius 3 is 1.28 bits per heavy atom. The molecule has 0 spiro atoms. The van der Waals surface area contributed by atoms with Gasteiger partial charge in [-0.1, -0.05) is 0 Å². The molecule has 2 aromatic heterocycles. The number of hydrogen-bond acceptors (Lipinski definition) is 9. The molecule has 9 heteroatoms. The lowest BCUT2D eigenvalue weighted by atomic mass is 10.1. The van der Waals surface area contributed by atoms with Crippen LogP contribution in [0.5, 0.6) is 34.5 Å². The molecule has 0 saturated heterocycles. The zero-order chi connectivity index (χ0) is 27.3. The molecule has 6 rings (SSSR count). The van der Waals surface area contributed by atoms with Gasteiger partial charge < -0.3 is 34.0 Å². The van der Waals surface area contributed by atoms with Crippen LogP contribution >= 0.6 is 0 Å². The van der Waals surface area contributed by atoms with Crippen molar-refractivity contribution in [1.82, 2.24) is 0 Å². The average molecular weight is 522 g/mol. The number of ether oxygens (including phenoxy) is 1. The van der Waals surface area contributed by atoms with Gasteiger partial charge in [0.05, 0.1) is 0 Å². The normalized spacial score (nSPS) is 11.2. The molecule has 2 heterocycles. The van der Waals surface area contributed by atoms with Crippen molar-refractivity contribution in [1.29, 1.82) is 0 Å². The molecule has 4 aromatic carbocycles. The molecular formula is C30H18O9. The van der Waals surface area contributed by atoms with E-state index >= 15 is 0 Å². The molecule has 0 amide bonds. The van der Waals surface area contributed by atoms with Gasteiger partial charge in [0, 0.05) is 47.5 Å². The van der Waals surface area contributed by atoms with Gasteiger partial charge in [-0.15, -0.1) is 0 Å². The Morgan fingerprint density at radius 2 is 0.897 bits per heavy atom. The summed E-state index contributed by atoms with van der Waals surface area (Å²) >= 11 is 0. The zero-order valence-electron chi connectivity index (χ0n) is 19.9. The van der Waals surface area contributed by atoms with Gasteiger partial charge in [0.2, 0.25) is 0 Å². The highest BCUT2D eigenvalue weighted by molar-refractivity contribution is 5.87. The SMILES string of the molecule is O=c1cc(-c2ccc(Oc3ccc(-c4cc(=O)c5c(O)cc(O)cc5o4)cc3)cc2)oc2cc(O)cc(O)c12. The van der Waals surface area contributed by atoms with E-state index in [1.807, 2.05) is 0 Å². The molecule has 0 atom stereocenters. The van der Waals surface area contributed by atoms with Crippen LogP contribution in [0.4, 0.5) is 0 Å². The highest BCUT2D eigenvalue weighted by Crippen LogP contribution is 2.33. The summed E-state index contributed by atoms with van der Waals surface area (Å²) in [4.78, 5) is 25.0. The number of phenolic OH excluding ortho intramolecular Hbond substituents is 4. The molecule has 0 aliphatic heterocycles. The Morgan fingerprint density at radius 1 is 0.513 bits per heavy atom. The number of hydrogen-bond donors (Lipinski definition) is 4. The average Bonchev–Trinajstić information content (AvgIpc) is 2.88. The molecule has 192 valence electrons. The third-order valence-electron chi connectivity index (χ3n) is 6.10. The van der Waals surface area contributed by atoms with Crippen LogP contribution in [0.25, 0.3) is 44.6 Å². The van der Waals surface area contributed by atoms with E-state index in [1.54, 1.807) is 48.5 Å². The topological polar surface area (TPSA) is 151 Å². The van der Waals surface area contributed by atoms with Crippen molar-refractivity contribution in [3.63, 3.8) is 0 Å². The van der Waals surface area contributed by atoms with E-state index in [1.165, 1.54) is 24.3 Å². The molecule has 39 heavy (non-hydrogen) atoms. The molecule has 4 N–H and O–H groups in total. The second kappa shape index (κ2) is 9.00. The van der Waals surface area contributed by atoms with Crippen LogP contribution in [0, 0.1) is 0 Å². The first-order valence-electron chi connectivity index (χ1n) is 11.6. The highest BCUT2D eigenvalue weighted by Gasteiger charge is 2.14. The second-order valence-electron chi connectivity index (χ2n) is 8.78. The Bertz CT molecular complexity index is 1850. The number of rotatable bonds is 4. The van der Waals surface area contributed by atoms with Gasteiger partial charge in [-0.05, 0) is 48.5 Å². The maximum Gasteiger partial charge on any atom is 0.197 e. The van der Waals surface area contributed by atoms with Gasteiger partial charge in [0.25, 0.3) is 0 Å². The van der Waals surface area contributed by atoms with E-state index < -0.39 is 10.9 Å². The first-order valence-corrected chi connectivity index (χ1v) is 11.6. The molecule has 9 nitrogen and oxygen atoms in total. The fourth-order valence-electron chi connectivity index (χ4n) is 4.30. The largest absolute Gasteiger partial charge is 0.508 e. The lowest BCUT2D eigenvalue weighted by molar-refractivity contribution is 0.451. The van der Waals surface area contributed by atoms with Gasteiger partial charge in [-0.3, -0.25) is 9.59 Å². The first kappa shape index (κ1) is 23.7. The van der Waals surface area contributed by atoms with Gasteiger partial charge in [0.15, 0.2) is 10.9 Å². The minimum atomic E-state index is -0.444. The minimum Gasteiger partial charge on any atom is -0.508 e. The third-order valence-corrected chi connectivity index (χ3v) is 6.10. The number of phenols is 4. The van der Waals surface area contributed by atoms with E-state index in [0.29, 0.717) is 22.6 Å². The molecule has 0 aliphatic rings. The van der Waals surface area contributed by atoms with E-state index in [2.05, 4.69) is 0 Å². The van der Waals surface area contributed by atoms with E-state index in [4.69, 9.17) is 13.6 Å². The second-order valence-corrected chi connectivity index (χ2v) is 8.78. The highest BCUT2D eigenvalue weighted by atomic mass is 16.5. The summed E-state index contributed by atoms with van der Waals surface area (Å²) in [6.07, 6.45) is 0. The first-order chi connectivity index (χ1) is 18.7. The van der Waals surface area contributed by atoms with Crippen molar-refractivity contribution in [3.8, 4) is 57.1 Å². The molecule has 0 bridgehead atoms. The standard InChI is InChI=1S/C30H18O9/c31-17-9-21(33)29-23(35)13-25(38-27(29)11-17)15-1-5-19(6-2-15)37-20-7-3-16(4-8-20)26-14-24(36)30-22(34)10-18(32)12-28(30)39-26/h1-14,31-34H. The summed E-state index contributed by atoms with van der Waals surface area (Å²) < 4.78 is 17.4. The molecule has 0 fully saturated rings. The van der Waals surface area contributed by atoms with Crippen molar-refractivity contribution < 1.29 is 34.0 Å². The quantitative estimate of drug-likeness (QED) is 0.224. The fourth-order valence-corrected chi connectivity index (χ4v) is 4.30. The molecule has 0 aliphatic carbocycles. The van der Waals surface area contributed by atoms with Gasteiger partial charge in [-0.25, -0.2) is 0 Å². The monoisotopic (exact) mass is 522 g/mol. The Kier molecular flexibility index (Phi) is 5.46. The summed E-state index contributed by atoms with van der Waals surface area (Å²) in [6, 6.07) is 20.8. The summed E-state index contributed by atoms with van der Waals surface area (Å²) in [5, 5.41) is 39.3. The van der Waals surface area contributed by atoms with Crippen molar-refractivity contribution in [2.75, 3.05) is 0 Å². The Labute approximate surface area is 218 Å². The van der Waals surface area contributed by atoms with Crippen LogP contribution in [0.1, 0.15) is 0 Å². The lowest BCUT2D eigenvalue weighted by Gasteiger charge is -2.09. The summed E-state index contributed by atoms with van der Waals surface area (Å²) in [6.45, 7) is 0. The predicted octanol–water partition coefficient (Wildman–Crippen LogP) is 5.85. The van der Waals surface area contributed by atoms with Crippen LogP contribution in [0.2, 0.25) is 0 Å². The predicted molar refractivity (Wildman–Crippen MR) is 143 cm³/mol. The van der Waals surface area contributed by atoms with Crippen LogP contribution in [-0.2, 0) is 0 Å². The molecule has 6 aromatic rings. The van der Waals surface area contributed by atoms with Crippen LogP contribution in [0.3, 0.4) is 0 Å². The summed E-state index contributed by atoms with van der Waals surface area (Å²) in [7, 11) is 0. The number of benzene rings is 4. The van der Waals surface area contributed by atoms with Crippen molar-refractivity contribution in [2.24, 2.45) is 0 Å².